The molecule has 1 fully saturated rings. The number of benzene rings is 1. The molecule has 0 N–H and O–H groups in total. The lowest BCUT2D eigenvalue weighted by Gasteiger charge is -2.22. The van der Waals surface area contributed by atoms with Crippen molar-refractivity contribution < 1.29 is 18.6 Å². The Kier molecular flexibility index (Phi) is 4.70. The number of ether oxygens (including phenoxy) is 3. The zero-order chi connectivity index (χ0) is 15.4. The predicted molar refractivity (Wildman–Crippen MR) is 79.0 cm³/mol. The minimum absolute atomic E-state index is 0.154. The van der Waals surface area contributed by atoms with E-state index in [0.717, 1.165) is 19.3 Å². The summed E-state index contributed by atoms with van der Waals surface area (Å²) in [6, 6.07) is 7.21. The first-order chi connectivity index (χ1) is 10.8. The van der Waals surface area contributed by atoms with Gasteiger partial charge in [-0.3, -0.25) is 0 Å². The highest BCUT2D eigenvalue weighted by atomic mass is 19.1. The fraction of sp³-hybridized carbons (Fsp3) is 0.438. The molecule has 1 aromatic heterocycles. The predicted octanol–water partition coefficient (Wildman–Crippen LogP) is 3.37. The summed E-state index contributed by atoms with van der Waals surface area (Å²) >= 11 is 0. The molecule has 1 atom stereocenters. The summed E-state index contributed by atoms with van der Waals surface area (Å²) in [4.78, 5) is 0. The number of nitrogens with zero attached hydrogens (tertiary/aromatic N) is 2. The lowest BCUT2D eigenvalue weighted by Crippen LogP contribution is -2.18. The van der Waals surface area contributed by atoms with Crippen LogP contribution in [0.2, 0.25) is 0 Å². The van der Waals surface area contributed by atoms with Crippen molar-refractivity contribution in [3.63, 3.8) is 0 Å². The van der Waals surface area contributed by atoms with Gasteiger partial charge in [0, 0.05) is 19.9 Å². The molecule has 1 aliphatic rings. The second-order valence-electron chi connectivity index (χ2n) is 5.21. The first-order valence-corrected chi connectivity index (χ1v) is 7.36. The van der Waals surface area contributed by atoms with Crippen LogP contribution in [0.5, 0.6) is 5.75 Å². The van der Waals surface area contributed by atoms with Crippen LogP contribution in [0, 0.1) is 5.95 Å². The standard InChI is InChI=1S/C16H19FN2O3/c1-20-11-22-13-6-4-5-12(9-13)14-10-19(18-16(14)17)15-7-2-3-8-21-15/h4-6,9-10,15H,2-3,7-8,11H2,1H3. The molecule has 0 spiro atoms. The van der Waals surface area contributed by atoms with E-state index in [-0.39, 0.29) is 13.0 Å². The van der Waals surface area contributed by atoms with E-state index in [1.54, 1.807) is 30.1 Å². The van der Waals surface area contributed by atoms with Gasteiger partial charge in [-0.05, 0) is 37.0 Å². The quantitative estimate of drug-likeness (QED) is 0.795. The van der Waals surface area contributed by atoms with Gasteiger partial charge in [0.1, 0.15) is 12.0 Å². The summed E-state index contributed by atoms with van der Waals surface area (Å²) in [6.07, 6.45) is 4.50. The van der Waals surface area contributed by atoms with Gasteiger partial charge >= 0.3 is 0 Å². The number of hydrogen-bond donors (Lipinski definition) is 0. The van der Waals surface area contributed by atoms with E-state index in [9.17, 15) is 4.39 Å². The summed E-state index contributed by atoms with van der Waals surface area (Å²) < 4.78 is 31.6. The molecular weight excluding hydrogens is 287 g/mol. The Balaban J connectivity index is 1.83. The molecule has 2 aromatic rings. The third kappa shape index (κ3) is 3.28. The van der Waals surface area contributed by atoms with Crippen LogP contribution in [-0.4, -0.2) is 30.3 Å². The summed E-state index contributed by atoms with van der Waals surface area (Å²) in [6.45, 7) is 0.850. The third-order valence-corrected chi connectivity index (χ3v) is 3.63. The first kappa shape index (κ1) is 15.0. The number of aromatic nitrogens is 2. The second kappa shape index (κ2) is 6.89. The van der Waals surface area contributed by atoms with Crippen LogP contribution in [0.15, 0.2) is 30.5 Å². The minimum atomic E-state index is -0.502. The molecule has 0 amide bonds. The van der Waals surface area contributed by atoms with Crippen LogP contribution in [-0.2, 0) is 9.47 Å². The molecule has 1 saturated heterocycles. The van der Waals surface area contributed by atoms with Crippen molar-refractivity contribution in [3.05, 3.63) is 36.4 Å². The van der Waals surface area contributed by atoms with Crippen LogP contribution in [0.1, 0.15) is 25.5 Å². The highest BCUT2D eigenvalue weighted by Gasteiger charge is 2.20. The fourth-order valence-electron chi connectivity index (χ4n) is 2.52. The summed E-state index contributed by atoms with van der Waals surface area (Å²) in [5, 5.41) is 3.96. The van der Waals surface area contributed by atoms with Crippen LogP contribution in [0.25, 0.3) is 11.1 Å². The van der Waals surface area contributed by atoms with Crippen molar-refractivity contribution in [2.75, 3.05) is 20.5 Å². The van der Waals surface area contributed by atoms with Crippen molar-refractivity contribution in [1.82, 2.24) is 9.78 Å². The van der Waals surface area contributed by atoms with Gasteiger partial charge in [0.2, 0.25) is 5.95 Å². The molecule has 2 heterocycles. The molecule has 0 saturated carbocycles. The monoisotopic (exact) mass is 306 g/mol. The first-order valence-electron chi connectivity index (χ1n) is 7.36. The van der Waals surface area contributed by atoms with E-state index in [4.69, 9.17) is 14.2 Å². The van der Waals surface area contributed by atoms with E-state index >= 15 is 0 Å². The lowest BCUT2D eigenvalue weighted by atomic mass is 10.1. The van der Waals surface area contributed by atoms with Crippen molar-refractivity contribution in [1.29, 1.82) is 0 Å². The van der Waals surface area contributed by atoms with Gasteiger partial charge in [0.25, 0.3) is 0 Å². The largest absolute Gasteiger partial charge is 0.468 e. The van der Waals surface area contributed by atoms with E-state index in [0.29, 0.717) is 23.5 Å². The molecule has 0 radical (unpaired) electrons. The van der Waals surface area contributed by atoms with E-state index < -0.39 is 5.95 Å². The van der Waals surface area contributed by atoms with Crippen molar-refractivity contribution in [2.45, 2.75) is 25.5 Å². The van der Waals surface area contributed by atoms with Crippen molar-refractivity contribution in [2.24, 2.45) is 0 Å². The molecule has 0 bridgehead atoms. The zero-order valence-corrected chi connectivity index (χ0v) is 12.5. The highest BCUT2D eigenvalue weighted by molar-refractivity contribution is 5.64. The highest BCUT2D eigenvalue weighted by Crippen LogP contribution is 2.29. The number of rotatable bonds is 5. The van der Waals surface area contributed by atoms with Gasteiger partial charge in [-0.15, -0.1) is 5.10 Å². The fourth-order valence-corrected chi connectivity index (χ4v) is 2.52. The van der Waals surface area contributed by atoms with Gasteiger partial charge in [-0.2, -0.15) is 4.39 Å². The molecule has 6 heteroatoms. The average Bonchev–Trinajstić information content (AvgIpc) is 2.96. The van der Waals surface area contributed by atoms with Crippen molar-refractivity contribution in [3.8, 4) is 16.9 Å². The molecule has 1 unspecified atom stereocenters. The van der Waals surface area contributed by atoms with Gasteiger partial charge in [-0.25, -0.2) is 4.68 Å². The Hall–Kier alpha value is -1.92. The Morgan fingerprint density at radius 3 is 3.09 bits per heavy atom. The molecule has 1 aliphatic heterocycles. The van der Waals surface area contributed by atoms with Gasteiger partial charge in [0.15, 0.2) is 6.79 Å². The molecule has 3 rings (SSSR count). The topological polar surface area (TPSA) is 45.5 Å². The summed E-state index contributed by atoms with van der Waals surface area (Å²) in [5.41, 5.74) is 1.16. The lowest BCUT2D eigenvalue weighted by molar-refractivity contribution is -0.0402. The molecule has 22 heavy (non-hydrogen) atoms. The van der Waals surface area contributed by atoms with Crippen LogP contribution in [0.3, 0.4) is 0 Å². The molecule has 118 valence electrons. The smallest absolute Gasteiger partial charge is 0.240 e. The number of hydrogen-bond acceptors (Lipinski definition) is 4. The zero-order valence-electron chi connectivity index (χ0n) is 12.5. The molecule has 0 aliphatic carbocycles. The normalized spacial score (nSPS) is 18.4. The SMILES string of the molecule is COCOc1cccc(-c2cn(C3CCCCO3)nc2F)c1. The maximum atomic E-state index is 14.2. The third-order valence-electron chi connectivity index (χ3n) is 3.63. The Morgan fingerprint density at radius 2 is 2.32 bits per heavy atom. The second-order valence-corrected chi connectivity index (χ2v) is 5.21. The van der Waals surface area contributed by atoms with Gasteiger partial charge in [-0.1, -0.05) is 12.1 Å². The summed E-state index contributed by atoms with van der Waals surface area (Å²) in [7, 11) is 1.55. The maximum absolute atomic E-state index is 14.2. The Morgan fingerprint density at radius 1 is 1.41 bits per heavy atom. The molecule has 1 aromatic carbocycles. The minimum Gasteiger partial charge on any atom is -0.468 e. The Bertz CT molecular complexity index is 624. The van der Waals surface area contributed by atoms with E-state index in [2.05, 4.69) is 5.10 Å². The maximum Gasteiger partial charge on any atom is 0.240 e. The Labute approximate surface area is 128 Å². The average molecular weight is 306 g/mol. The van der Waals surface area contributed by atoms with Gasteiger partial charge in [0.05, 0.1) is 5.56 Å². The summed E-state index contributed by atoms with van der Waals surface area (Å²) in [5.74, 6) is 0.124. The van der Waals surface area contributed by atoms with E-state index in [1.165, 1.54) is 0 Å². The van der Waals surface area contributed by atoms with E-state index in [1.807, 2.05) is 12.1 Å². The molecule has 5 nitrogen and oxygen atoms in total. The van der Waals surface area contributed by atoms with Crippen LogP contribution < -0.4 is 4.74 Å². The van der Waals surface area contributed by atoms with Gasteiger partial charge < -0.3 is 14.2 Å². The number of methoxy groups -OCH3 is 1. The molecular formula is C16H19FN2O3. The van der Waals surface area contributed by atoms with Crippen LogP contribution >= 0.6 is 0 Å². The van der Waals surface area contributed by atoms with Crippen LogP contribution in [0.4, 0.5) is 4.39 Å². The van der Waals surface area contributed by atoms with Crippen molar-refractivity contribution >= 4 is 0 Å². The number of halogens is 1.